The summed E-state index contributed by atoms with van der Waals surface area (Å²) in [5, 5.41) is 0.958. The Bertz CT molecular complexity index is 1100. The van der Waals surface area contributed by atoms with Gasteiger partial charge in [-0.1, -0.05) is 19.6 Å². The number of aromatic amines is 1. The number of H-pyrrole nitrogens is 1. The van der Waals surface area contributed by atoms with E-state index in [1.165, 1.54) is 0 Å². The minimum absolute atomic E-state index is 0.106. The van der Waals surface area contributed by atoms with Crippen LogP contribution in [0.4, 0.5) is 5.82 Å². The number of pyridine rings is 1. The molecule has 1 fully saturated rings. The first-order chi connectivity index (χ1) is 14.0. The lowest BCUT2D eigenvalue weighted by molar-refractivity contribution is 0.0984. The van der Waals surface area contributed by atoms with Crippen LogP contribution in [0.3, 0.4) is 0 Å². The summed E-state index contributed by atoms with van der Waals surface area (Å²) in [6.07, 6.45) is 3.60. The molecule has 0 aromatic carbocycles. The molecule has 0 saturated carbocycles. The number of aromatic nitrogens is 4. The van der Waals surface area contributed by atoms with Gasteiger partial charge < -0.3 is 23.6 Å². The average Bonchev–Trinajstić information content (AvgIpc) is 3.17. The van der Waals surface area contributed by atoms with Crippen LogP contribution in [0.2, 0.25) is 0 Å². The fraction of sp³-hybridized carbons (Fsp3) is 0.450. The summed E-state index contributed by atoms with van der Waals surface area (Å²) in [4.78, 5) is 19.5. The number of nitrogens with one attached hydrogen (secondary N) is 2. The van der Waals surface area contributed by atoms with E-state index in [4.69, 9.17) is 19.5 Å². The first-order valence-electron chi connectivity index (χ1n) is 9.73. The van der Waals surface area contributed by atoms with Crippen molar-refractivity contribution in [1.29, 1.82) is 4.78 Å². The largest absolute Gasteiger partial charge is 0.444 e. The van der Waals surface area contributed by atoms with Crippen molar-refractivity contribution in [3.63, 3.8) is 0 Å². The molecule has 1 atom stereocenters. The van der Waals surface area contributed by atoms with Crippen molar-refractivity contribution in [3.05, 3.63) is 35.8 Å². The lowest BCUT2D eigenvalue weighted by Crippen LogP contribution is -2.45. The number of morpholine rings is 1. The highest BCUT2D eigenvalue weighted by Gasteiger charge is 2.26. The van der Waals surface area contributed by atoms with E-state index in [1.54, 1.807) is 6.20 Å². The van der Waals surface area contributed by atoms with Gasteiger partial charge >= 0.3 is 0 Å². The van der Waals surface area contributed by atoms with Crippen molar-refractivity contribution >= 4 is 27.4 Å². The summed E-state index contributed by atoms with van der Waals surface area (Å²) in [7, 11) is -1.74. The summed E-state index contributed by atoms with van der Waals surface area (Å²) >= 11 is 0. The normalized spacial score (nSPS) is 17.6. The monoisotopic (exact) mass is 413 g/mol. The Morgan fingerprint density at radius 3 is 2.93 bits per heavy atom. The Morgan fingerprint density at radius 2 is 2.21 bits per heavy atom. The third kappa shape index (κ3) is 3.84. The number of nitrogens with zero attached hydrogens (tertiary/aromatic N) is 4. The number of hydrogen-bond acceptors (Lipinski definition) is 8. The summed E-state index contributed by atoms with van der Waals surface area (Å²) < 4.78 is 25.1. The SMILES string of the molecule is CC(C)c1nc(-c2ccnc3[nH]ccc23)nc(N2CCOCC2C)c1C[S-](=N)=O. The third-order valence-corrected chi connectivity index (χ3v) is 5.73. The predicted molar refractivity (Wildman–Crippen MR) is 113 cm³/mol. The minimum atomic E-state index is -1.74. The minimum Gasteiger partial charge on any atom is -0.444 e. The van der Waals surface area contributed by atoms with Gasteiger partial charge in [0.05, 0.1) is 24.9 Å². The van der Waals surface area contributed by atoms with Gasteiger partial charge in [-0.25, -0.2) is 15.0 Å². The highest BCUT2D eigenvalue weighted by Crippen LogP contribution is 2.33. The van der Waals surface area contributed by atoms with Crippen LogP contribution in [-0.4, -0.2) is 45.7 Å². The van der Waals surface area contributed by atoms with Gasteiger partial charge in [-0.2, -0.15) is 10.6 Å². The van der Waals surface area contributed by atoms with Crippen LogP contribution in [0.1, 0.15) is 37.9 Å². The molecule has 1 aliphatic heterocycles. The summed E-state index contributed by atoms with van der Waals surface area (Å²) in [5.74, 6) is 1.60. The first kappa shape index (κ1) is 19.8. The Kier molecular flexibility index (Phi) is 5.51. The van der Waals surface area contributed by atoms with Gasteiger partial charge in [0.1, 0.15) is 11.5 Å². The second kappa shape index (κ2) is 8.08. The van der Waals surface area contributed by atoms with Gasteiger partial charge in [0.25, 0.3) is 0 Å². The fourth-order valence-corrected chi connectivity index (χ4v) is 4.33. The van der Waals surface area contributed by atoms with E-state index in [2.05, 4.69) is 35.6 Å². The lowest BCUT2D eigenvalue weighted by atomic mass is 10.0. The van der Waals surface area contributed by atoms with Crippen LogP contribution < -0.4 is 4.90 Å². The maximum atomic E-state index is 11.9. The maximum absolute atomic E-state index is 11.9. The molecule has 0 bridgehead atoms. The molecule has 4 heterocycles. The number of rotatable bonds is 5. The molecule has 1 aliphatic rings. The van der Waals surface area contributed by atoms with Gasteiger partial charge in [0, 0.05) is 29.9 Å². The van der Waals surface area contributed by atoms with E-state index in [-0.39, 0.29) is 17.7 Å². The number of hydrogen-bond donors (Lipinski definition) is 2. The van der Waals surface area contributed by atoms with E-state index in [0.717, 1.165) is 33.7 Å². The third-order valence-electron chi connectivity index (χ3n) is 5.18. The van der Waals surface area contributed by atoms with Crippen molar-refractivity contribution in [1.82, 2.24) is 19.9 Å². The van der Waals surface area contributed by atoms with Crippen LogP contribution in [-0.2, 0) is 25.3 Å². The van der Waals surface area contributed by atoms with E-state index in [0.29, 0.717) is 25.6 Å². The molecule has 8 nitrogen and oxygen atoms in total. The smallest absolute Gasteiger partial charge is 0.162 e. The highest BCUT2D eigenvalue weighted by molar-refractivity contribution is 7.72. The Balaban J connectivity index is 1.97. The second-order valence-electron chi connectivity index (χ2n) is 7.59. The van der Waals surface area contributed by atoms with Gasteiger partial charge in [-0.3, -0.25) is 0 Å². The van der Waals surface area contributed by atoms with E-state index >= 15 is 0 Å². The lowest BCUT2D eigenvalue weighted by Gasteiger charge is -2.36. The molecule has 9 heteroatoms. The maximum Gasteiger partial charge on any atom is 0.162 e. The molecule has 3 aromatic rings. The molecular formula is C20H25N6O2S-. The van der Waals surface area contributed by atoms with Crippen LogP contribution in [0.5, 0.6) is 0 Å². The van der Waals surface area contributed by atoms with E-state index in [9.17, 15) is 4.21 Å². The Labute approximate surface area is 171 Å². The molecule has 4 rings (SSSR count). The summed E-state index contributed by atoms with van der Waals surface area (Å²) in [6.45, 7) is 8.14. The van der Waals surface area contributed by atoms with Crippen LogP contribution in [0, 0.1) is 4.78 Å². The first-order valence-corrected chi connectivity index (χ1v) is 11.0. The molecule has 0 spiro atoms. The molecule has 0 aliphatic carbocycles. The van der Waals surface area contributed by atoms with Crippen LogP contribution in [0.15, 0.2) is 24.5 Å². The van der Waals surface area contributed by atoms with Crippen LogP contribution in [0.25, 0.3) is 22.4 Å². The van der Waals surface area contributed by atoms with Crippen molar-refractivity contribution < 1.29 is 8.95 Å². The zero-order valence-electron chi connectivity index (χ0n) is 16.8. The molecule has 2 N–H and O–H groups in total. The molecule has 154 valence electrons. The summed E-state index contributed by atoms with van der Waals surface area (Å²) in [5.41, 5.74) is 3.32. The summed E-state index contributed by atoms with van der Waals surface area (Å²) in [6, 6.07) is 4.03. The number of ether oxygens (including phenoxy) is 1. The van der Waals surface area contributed by atoms with Crippen molar-refractivity contribution in [2.45, 2.75) is 38.5 Å². The number of fused-ring (bicyclic) bond motifs is 1. The molecule has 1 saturated heterocycles. The zero-order valence-corrected chi connectivity index (χ0v) is 17.6. The Morgan fingerprint density at radius 1 is 1.38 bits per heavy atom. The van der Waals surface area contributed by atoms with Crippen molar-refractivity contribution in [2.24, 2.45) is 0 Å². The van der Waals surface area contributed by atoms with Gasteiger partial charge in [-0.05, 0) is 30.5 Å². The van der Waals surface area contributed by atoms with Gasteiger partial charge in [-0.15, -0.1) is 0 Å². The molecule has 29 heavy (non-hydrogen) atoms. The van der Waals surface area contributed by atoms with Gasteiger partial charge in [0.2, 0.25) is 0 Å². The highest BCUT2D eigenvalue weighted by atomic mass is 32.2. The molecule has 0 radical (unpaired) electrons. The molecule has 3 aromatic heterocycles. The van der Waals surface area contributed by atoms with Crippen LogP contribution >= 0.6 is 0 Å². The fourth-order valence-electron chi connectivity index (χ4n) is 3.79. The number of anilines is 1. The van der Waals surface area contributed by atoms with Gasteiger partial charge in [0.15, 0.2) is 5.82 Å². The Hall–Kier alpha value is -2.52. The van der Waals surface area contributed by atoms with E-state index in [1.807, 2.05) is 18.3 Å². The van der Waals surface area contributed by atoms with E-state index < -0.39 is 10.6 Å². The topological polar surface area (TPSA) is 108 Å². The zero-order chi connectivity index (χ0) is 20.5. The second-order valence-corrected chi connectivity index (χ2v) is 8.57. The molecular weight excluding hydrogens is 388 g/mol. The quantitative estimate of drug-likeness (QED) is 0.619. The average molecular weight is 414 g/mol. The molecule has 1 unspecified atom stereocenters. The van der Waals surface area contributed by atoms with Crippen molar-refractivity contribution in [3.8, 4) is 11.4 Å². The molecule has 0 amide bonds. The standard InChI is InChI=1S/C20H25N6O2S/c1-12(2)17-16(11-29(21)27)20(26-8-9-28-10-13(26)3)25-19(24-17)15-5-7-23-18-14(15)4-6-22-18/h4-7,12-13,21H,8-11H2,1-3H3,(H,22,23)/q-1. The van der Waals surface area contributed by atoms with Crippen molar-refractivity contribution in [2.75, 3.05) is 24.7 Å². The predicted octanol–water partition coefficient (Wildman–Crippen LogP) is 3.59.